The summed E-state index contributed by atoms with van der Waals surface area (Å²) in [4.78, 5) is 21.0. The summed E-state index contributed by atoms with van der Waals surface area (Å²) >= 11 is 0. The van der Waals surface area contributed by atoms with Crippen molar-refractivity contribution in [1.29, 1.82) is 0 Å². The SMILES string of the molecule is CCC(C)(OC)c1nc2c(c(C(=O)OC)n1)CCNC2. The second kappa shape index (κ2) is 5.85. The Balaban J connectivity index is 2.58. The molecule has 1 N–H and O–H groups in total. The first-order valence-corrected chi connectivity index (χ1v) is 6.80. The molecule has 0 saturated carbocycles. The van der Waals surface area contributed by atoms with Crippen LogP contribution in [0, 0.1) is 0 Å². The van der Waals surface area contributed by atoms with E-state index >= 15 is 0 Å². The third kappa shape index (κ3) is 2.53. The van der Waals surface area contributed by atoms with Crippen molar-refractivity contribution in [2.45, 2.75) is 38.8 Å². The van der Waals surface area contributed by atoms with E-state index in [9.17, 15) is 4.79 Å². The van der Waals surface area contributed by atoms with Gasteiger partial charge >= 0.3 is 5.97 Å². The number of carbonyl (C=O) groups is 1. The predicted molar refractivity (Wildman–Crippen MR) is 73.4 cm³/mol. The highest BCUT2D eigenvalue weighted by Crippen LogP contribution is 2.27. The monoisotopic (exact) mass is 279 g/mol. The molecule has 0 bridgehead atoms. The average Bonchev–Trinajstić information content (AvgIpc) is 2.52. The Kier molecular flexibility index (Phi) is 4.35. The molecule has 20 heavy (non-hydrogen) atoms. The Morgan fingerprint density at radius 3 is 2.75 bits per heavy atom. The van der Waals surface area contributed by atoms with Crippen LogP contribution >= 0.6 is 0 Å². The minimum absolute atomic E-state index is 0.366. The van der Waals surface area contributed by atoms with Crippen LogP contribution in [0.1, 0.15) is 47.8 Å². The highest BCUT2D eigenvalue weighted by atomic mass is 16.5. The largest absolute Gasteiger partial charge is 0.464 e. The highest BCUT2D eigenvalue weighted by Gasteiger charge is 2.31. The van der Waals surface area contributed by atoms with Gasteiger partial charge in [-0.25, -0.2) is 14.8 Å². The van der Waals surface area contributed by atoms with Gasteiger partial charge in [0.25, 0.3) is 0 Å². The van der Waals surface area contributed by atoms with Gasteiger partial charge < -0.3 is 14.8 Å². The number of fused-ring (bicyclic) bond motifs is 1. The molecule has 1 aliphatic heterocycles. The number of hydrogen-bond acceptors (Lipinski definition) is 6. The number of methoxy groups -OCH3 is 2. The third-order valence-electron chi connectivity index (χ3n) is 3.91. The lowest BCUT2D eigenvalue weighted by molar-refractivity contribution is -0.00949. The van der Waals surface area contributed by atoms with E-state index in [0.29, 0.717) is 18.1 Å². The van der Waals surface area contributed by atoms with E-state index in [1.807, 2.05) is 13.8 Å². The van der Waals surface area contributed by atoms with E-state index in [0.717, 1.165) is 30.6 Å². The van der Waals surface area contributed by atoms with Crippen LogP contribution in [-0.2, 0) is 28.0 Å². The first-order valence-electron chi connectivity index (χ1n) is 6.80. The summed E-state index contributed by atoms with van der Waals surface area (Å²) in [5.74, 6) is 0.117. The maximum atomic E-state index is 12.0. The number of ether oxygens (including phenoxy) is 2. The summed E-state index contributed by atoms with van der Waals surface area (Å²) in [7, 11) is 3.00. The summed E-state index contributed by atoms with van der Waals surface area (Å²) < 4.78 is 10.4. The Labute approximate surface area is 118 Å². The molecule has 1 unspecified atom stereocenters. The molecule has 6 nitrogen and oxygen atoms in total. The van der Waals surface area contributed by atoms with E-state index in [1.165, 1.54) is 7.11 Å². The fourth-order valence-corrected chi connectivity index (χ4v) is 2.26. The minimum atomic E-state index is -0.602. The van der Waals surface area contributed by atoms with Crippen molar-refractivity contribution in [3.63, 3.8) is 0 Å². The van der Waals surface area contributed by atoms with Gasteiger partial charge in [0.1, 0.15) is 5.60 Å². The topological polar surface area (TPSA) is 73.3 Å². The molecule has 0 amide bonds. The molecule has 2 rings (SSSR count). The number of esters is 1. The van der Waals surface area contributed by atoms with E-state index < -0.39 is 11.6 Å². The van der Waals surface area contributed by atoms with E-state index in [1.54, 1.807) is 7.11 Å². The van der Waals surface area contributed by atoms with Gasteiger partial charge in [-0.05, 0) is 26.3 Å². The van der Waals surface area contributed by atoms with Crippen molar-refractivity contribution in [3.8, 4) is 0 Å². The van der Waals surface area contributed by atoms with Crippen LogP contribution in [0.4, 0.5) is 0 Å². The zero-order chi connectivity index (χ0) is 14.8. The van der Waals surface area contributed by atoms with Crippen LogP contribution in [0.5, 0.6) is 0 Å². The smallest absolute Gasteiger partial charge is 0.357 e. The maximum Gasteiger partial charge on any atom is 0.357 e. The summed E-state index contributed by atoms with van der Waals surface area (Å²) in [6.07, 6.45) is 1.45. The molecule has 0 fully saturated rings. The second-order valence-electron chi connectivity index (χ2n) is 5.03. The highest BCUT2D eigenvalue weighted by molar-refractivity contribution is 5.89. The molecule has 2 heterocycles. The van der Waals surface area contributed by atoms with Gasteiger partial charge in [-0.2, -0.15) is 0 Å². The zero-order valence-electron chi connectivity index (χ0n) is 12.4. The lowest BCUT2D eigenvalue weighted by Crippen LogP contribution is -2.33. The summed E-state index contributed by atoms with van der Waals surface area (Å²) in [6.45, 7) is 5.38. The number of aromatic nitrogens is 2. The van der Waals surface area contributed by atoms with Crippen molar-refractivity contribution in [1.82, 2.24) is 15.3 Å². The molecule has 0 saturated heterocycles. The zero-order valence-corrected chi connectivity index (χ0v) is 12.4. The molecular formula is C14H21N3O3. The summed E-state index contributed by atoms with van der Waals surface area (Å²) in [5.41, 5.74) is 1.51. The van der Waals surface area contributed by atoms with Crippen LogP contribution in [0.2, 0.25) is 0 Å². The standard InChI is InChI=1S/C14H21N3O3/c1-5-14(2,20-4)13-16-10-8-15-7-6-9(10)11(17-13)12(18)19-3/h15H,5-8H2,1-4H3. The molecular weight excluding hydrogens is 258 g/mol. The second-order valence-corrected chi connectivity index (χ2v) is 5.03. The molecule has 0 spiro atoms. The predicted octanol–water partition coefficient (Wildman–Crippen LogP) is 1.18. The normalized spacial score (nSPS) is 17.2. The van der Waals surface area contributed by atoms with E-state index in [-0.39, 0.29) is 0 Å². The summed E-state index contributed by atoms with van der Waals surface area (Å²) in [5, 5.41) is 3.26. The van der Waals surface area contributed by atoms with Crippen LogP contribution in [0.25, 0.3) is 0 Å². The molecule has 1 atom stereocenters. The first kappa shape index (κ1) is 14.9. The number of nitrogens with one attached hydrogen (secondary N) is 1. The lowest BCUT2D eigenvalue weighted by Gasteiger charge is -2.27. The molecule has 1 aliphatic rings. The van der Waals surface area contributed by atoms with Crippen LogP contribution in [-0.4, -0.2) is 36.7 Å². The molecule has 0 aromatic carbocycles. The van der Waals surface area contributed by atoms with Crippen LogP contribution < -0.4 is 5.32 Å². The quantitative estimate of drug-likeness (QED) is 0.834. The average molecular weight is 279 g/mol. The van der Waals surface area contributed by atoms with E-state index in [2.05, 4.69) is 15.3 Å². The van der Waals surface area contributed by atoms with Gasteiger partial charge in [0.05, 0.1) is 12.8 Å². The molecule has 1 aromatic rings. The molecule has 1 aromatic heterocycles. The number of hydrogen-bond donors (Lipinski definition) is 1. The van der Waals surface area contributed by atoms with Crippen molar-refractivity contribution < 1.29 is 14.3 Å². The fourth-order valence-electron chi connectivity index (χ4n) is 2.26. The Bertz CT molecular complexity index is 513. The third-order valence-corrected chi connectivity index (χ3v) is 3.91. The molecule has 110 valence electrons. The van der Waals surface area contributed by atoms with Crippen LogP contribution in [0.15, 0.2) is 0 Å². The molecule has 6 heteroatoms. The van der Waals surface area contributed by atoms with Gasteiger partial charge in [0, 0.05) is 19.2 Å². The van der Waals surface area contributed by atoms with Crippen molar-refractivity contribution in [3.05, 3.63) is 22.8 Å². The van der Waals surface area contributed by atoms with Crippen LogP contribution in [0.3, 0.4) is 0 Å². The maximum absolute atomic E-state index is 12.0. The van der Waals surface area contributed by atoms with Crippen molar-refractivity contribution >= 4 is 5.97 Å². The Morgan fingerprint density at radius 2 is 2.15 bits per heavy atom. The van der Waals surface area contributed by atoms with Gasteiger partial charge in [-0.15, -0.1) is 0 Å². The van der Waals surface area contributed by atoms with Gasteiger partial charge in [-0.3, -0.25) is 0 Å². The first-order chi connectivity index (χ1) is 9.55. The number of nitrogens with zero attached hydrogens (tertiary/aromatic N) is 2. The molecule has 0 radical (unpaired) electrons. The van der Waals surface area contributed by atoms with Crippen molar-refractivity contribution in [2.24, 2.45) is 0 Å². The number of carbonyl (C=O) groups excluding carboxylic acids is 1. The minimum Gasteiger partial charge on any atom is -0.464 e. The summed E-state index contributed by atoms with van der Waals surface area (Å²) in [6, 6.07) is 0. The van der Waals surface area contributed by atoms with E-state index in [4.69, 9.17) is 9.47 Å². The number of rotatable bonds is 4. The Morgan fingerprint density at radius 1 is 1.40 bits per heavy atom. The van der Waals surface area contributed by atoms with Gasteiger partial charge in [0.15, 0.2) is 11.5 Å². The fraction of sp³-hybridized carbons (Fsp3) is 0.643. The Hall–Kier alpha value is -1.53. The molecule has 0 aliphatic carbocycles. The van der Waals surface area contributed by atoms with Crippen molar-refractivity contribution in [2.75, 3.05) is 20.8 Å². The van der Waals surface area contributed by atoms with Gasteiger partial charge in [0.2, 0.25) is 0 Å². The van der Waals surface area contributed by atoms with Gasteiger partial charge in [-0.1, -0.05) is 6.92 Å². The lowest BCUT2D eigenvalue weighted by atomic mass is 9.99.